The third kappa shape index (κ3) is 5.35. The minimum atomic E-state index is -0.477. The number of carbonyl (C=O) groups is 2. The van der Waals surface area contributed by atoms with E-state index in [0.29, 0.717) is 0 Å². The summed E-state index contributed by atoms with van der Waals surface area (Å²) in [5.74, 6) is -0.813. The van der Waals surface area contributed by atoms with E-state index in [0.717, 1.165) is 0 Å². The van der Waals surface area contributed by atoms with Gasteiger partial charge in [0.05, 0.1) is 7.11 Å². The molecule has 0 aromatic carbocycles. The van der Waals surface area contributed by atoms with Crippen molar-refractivity contribution in [2.24, 2.45) is 0 Å². The summed E-state index contributed by atoms with van der Waals surface area (Å²) in [5, 5.41) is 2.30. The second-order valence-electron chi connectivity index (χ2n) is 1.79. The zero-order chi connectivity index (χ0) is 8.69. The average Bonchev–Trinajstić information content (AvgIpc) is 2.01. The first-order chi connectivity index (χ1) is 5.20. The molecule has 0 spiro atoms. The summed E-state index contributed by atoms with van der Waals surface area (Å²) in [6, 6.07) is 0. The summed E-state index contributed by atoms with van der Waals surface area (Å²) >= 11 is 0. The number of hydrogen-bond acceptors (Lipinski definition) is 4. The predicted octanol–water partition coefficient (Wildman–Crippen LogP) is -1.08. The van der Waals surface area contributed by atoms with Gasteiger partial charge in [-0.25, -0.2) is 0 Å². The fourth-order valence-electron chi connectivity index (χ4n) is 0.425. The molecule has 11 heavy (non-hydrogen) atoms. The van der Waals surface area contributed by atoms with E-state index >= 15 is 0 Å². The Bertz CT molecular complexity index is 146. The van der Waals surface area contributed by atoms with E-state index in [9.17, 15) is 9.59 Å². The van der Waals surface area contributed by atoms with Crippen LogP contribution in [-0.2, 0) is 19.1 Å². The molecule has 64 valence electrons. The largest absolute Gasteiger partial charge is 0.468 e. The van der Waals surface area contributed by atoms with Crippen LogP contribution < -0.4 is 5.32 Å². The van der Waals surface area contributed by atoms with Crippen LogP contribution in [-0.4, -0.2) is 39.2 Å². The molecule has 5 nitrogen and oxygen atoms in total. The molecule has 0 aromatic rings. The summed E-state index contributed by atoms with van der Waals surface area (Å²) < 4.78 is 8.79. The van der Waals surface area contributed by atoms with Crippen LogP contribution >= 0.6 is 0 Å². The monoisotopic (exact) mass is 161 g/mol. The van der Waals surface area contributed by atoms with Gasteiger partial charge in [0, 0.05) is 7.11 Å². The van der Waals surface area contributed by atoms with Crippen LogP contribution in [0.3, 0.4) is 0 Å². The van der Waals surface area contributed by atoms with E-state index in [2.05, 4.69) is 14.8 Å². The van der Waals surface area contributed by atoms with Gasteiger partial charge >= 0.3 is 5.97 Å². The molecule has 0 unspecified atom stereocenters. The third-order valence-electron chi connectivity index (χ3n) is 0.933. The highest BCUT2D eigenvalue weighted by molar-refractivity contribution is 5.82. The quantitative estimate of drug-likeness (QED) is 0.533. The van der Waals surface area contributed by atoms with Crippen molar-refractivity contribution >= 4 is 11.9 Å². The second kappa shape index (κ2) is 5.67. The number of esters is 1. The van der Waals surface area contributed by atoms with Crippen molar-refractivity contribution in [3.8, 4) is 0 Å². The Kier molecular flexibility index (Phi) is 5.10. The lowest BCUT2D eigenvalue weighted by Crippen LogP contribution is -2.32. The number of rotatable bonds is 4. The summed E-state index contributed by atoms with van der Waals surface area (Å²) in [6.45, 7) is -0.157. The number of hydrogen-bond donors (Lipinski definition) is 1. The molecule has 0 rings (SSSR count). The van der Waals surface area contributed by atoms with Crippen LogP contribution in [0.4, 0.5) is 0 Å². The lowest BCUT2D eigenvalue weighted by atomic mass is 10.6. The average molecular weight is 161 g/mol. The second-order valence-corrected chi connectivity index (χ2v) is 1.79. The van der Waals surface area contributed by atoms with Gasteiger partial charge in [-0.1, -0.05) is 0 Å². The van der Waals surface area contributed by atoms with Crippen LogP contribution in [0.5, 0.6) is 0 Å². The number of amides is 1. The number of methoxy groups -OCH3 is 2. The minimum absolute atomic E-state index is 0.0446. The van der Waals surface area contributed by atoms with Gasteiger partial charge in [0.25, 0.3) is 0 Å². The molecular weight excluding hydrogens is 150 g/mol. The van der Waals surface area contributed by atoms with Gasteiger partial charge in [0.15, 0.2) is 0 Å². The normalized spacial score (nSPS) is 8.91. The van der Waals surface area contributed by atoms with Gasteiger partial charge in [-0.3, -0.25) is 9.59 Å². The van der Waals surface area contributed by atoms with Crippen molar-refractivity contribution < 1.29 is 19.1 Å². The highest BCUT2D eigenvalue weighted by atomic mass is 16.5. The topological polar surface area (TPSA) is 64.6 Å². The maximum atomic E-state index is 10.6. The Morgan fingerprint density at radius 1 is 1.36 bits per heavy atom. The third-order valence-corrected chi connectivity index (χ3v) is 0.933. The van der Waals surface area contributed by atoms with Crippen molar-refractivity contribution in [3.63, 3.8) is 0 Å². The van der Waals surface area contributed by atoms with Crippen LogP contribution in [0, 0.1) is 0 Å². The molecule has 0 radical (unpaired) electrons. The molecule has 0 fully saturated rings. The standard InChI is InChI=1S/C6H11NO4/c1-10-4-5(8)7-3-6(9)11-2/h3-4H2,1-2H3,(H,7,8). The summed E-state index contributed by atoms with van der Waals surface area (Å²) in [4.78, 5) is 21.1. The Hall–Kier alpha value is -1.10. The molecule has 0 aliphatic carbocycles. The van der Waals surface area contributed by atoms with Crippen LogP contribution in [0.2, 0.25) is 0 Å². The minimum Gasteiger partial charge on any atom is -0.468 e. The molecule has 0 aromatic heterocycles. The van der Waals surface area contributed by atoms with Crippen LogP contribution in [0.15, 0.2) is 0 Å². The molecule has 0 aliphatic heterocycles. The maximum Gasteiger partial charge on any atom is 0.325 e. The first-order valence-electron chi connectivity index (χ1n) is 3.03. The maximum absolute atomic E-state index is 10.6. The molecular formula is C6H11NO4. The van der Waals surface area contributed by atoms with Crippen molar-refractivity contribution in [1.82, 2.24) is 5.32 Å². The zero-order valence-corrected chi connectivity index (χ0v) is 6.55. The highest BCUT2D eigenvalue weighted by Crippen LogP contribution is 1.72. The molecule has 1 N–H and O–H groups in total. The predicted molar refractivity (Wildman–Crippen MR) is 36.9 cm³/mol. The van der Waals surface area contributed by atoms with Gasteiger partial charge in [-0.05, 0) is 0 Å². The van der Waals surface area contributed by atoms with E-state index < -0.39 is 5.97 Å². The number of ether oxygens (including phenoxy) is 2. The van der Waals surface area contributed by atoms with Crippen LogP contribution in [0.25, 0.3) is 0 Å². The lowest BCUT2D eigenvalue weighted by molar-refractivity contribution is -0.141. The molecule has 0 aliphatic rings. The van der Waals surface area contributed by atoms with E-state index in [-0.39, 0.29) is 19.1 Å². The van der Waals surface area contributed by atoms with E-state index in [1.807, 2.05) is 0 Å². The van der Waals surface area contributed by atoms with Gasteiger partial charge < -0.3 is 14.8 Å². The van der Waals surface area contributed by atoms with Gasteiger partial charge in [-0.15, -0.1) is 0 Å². The van der Waals surface area contributed by atoms with Crippen LogP contribution in [0.1, 0.15) is 0 Å². The molecule has 0 saturated carbocycles. The smallest absolute Gasteiger partial charge is 0.325 e. The SMILES string of the molecule is COCC(=O)NCC(=O)OC. The first kappa shape index (κ1) is 9.90. The Morgan fingerprint density at radius 2 is 2.00 bits per heavy atom. The number of carbonyl (C=O) groups excluding carboxylic acids is 2. The van der Waals surface area contributed by atoms with Crippen molar-refractivity contribution in [3.05, 3.63) is 0 Å². The first-order valence-corrected chi connectivity index (χ1v) is 3.03. The number of nitrogens with one attached hydrogen (secondary N) is 1. The van der Waals surface area contributed by atoms with Crippen molar-refractivity contribution in [1.29, 1.82) is 0 Å². The van der Waals surface area contributed by atoms with E-state index in [1.165, 1.54) is 14.2 Å². The zero-order valence-electron chi connectivity index (χ0n) is 6.55. The molecule has 0 heterocycles. The Morgan fingerprint density at radius 3 is 2.45 bits per heavy atom. The fraction of sp³-hybridized carbons (Fsp3) is 0.667. The summed E-state index contributed by atoms with van der Waals surface area (Å²) in [5.41, 5.74) is 0. The van der Waals surface area contributed by atoms with Gasteiger partial charge in [-0.2, -0.15) is 0 Å². The Labute approximate surface area is 64.7 Å². The Balaban J connectivity index is 3.38. The summed E-state index contributed by atoms with van der Waals surface area (Å²) in [7, 11) is 2.66. The summed E-state index contributed by atoms with van der Waals surface area (Å²) in [6.07, 6.45) is 0. The lowest BCUT2D eigenvalue weighted by Gasteiger charge is -2.01. The van der Waals surface area contributed by atoms with Crippen molar-refractivity contribution in [2.45, 2.75) is 0 Å². The van der Waals surface area contributed by atoms with Crippen molar-refractivity contribution in [2.75, 3.05) is 27.4 Å². The van der Waals surface area contributed by atoms with E-state index in [1.54, 1.807) is 0 Å². The fourth-order valence-corrected chi connectivity index (χ4v) is 0.425. The van der Waals surface area contributed by atoms with E-state index in [4.69, 9.17) is 0 Å². The molecule has 5 heteroatoms. The van der Waals surface area contributed by atoms with Gasteiger partial charge in [0.2, 0.25) is 5.91 Å². The highest BCUT2D eigenvalue weighted by Gasteiger charge is 2.03. The molecule has 1 amide bonds. The molecule has 0 bridgehead atoms. The molecule has 0 saturated heterocycles. The molecule has 0 atom stereocenters. The van der Waals surface area contributed by atoms with Gasteiger partial charge in [0.1, 0.15) is 13.2 Å².